The maximum Gasteiger partial charge on any atom is 0.254 e. The third kappa shape index (κ3) is 6.10. The van der Waals surface area contributed by atoms with Gasteiger partial charge in [-0.15, -0.1) is 0 Å². The van der Waals surface area contributed by atoms with Gasteiger partial charge < -0.3 is 24.8 Å². The molecule has 0 radical (unpaired) electrons. The molecule has 1 atom stereocenters. The minimum atomic E-state index is -1.55. The molecule has 2 heterocycles. The van der Waals surface area contributed by atoms with E-state index in [9.17, 15) is 9.00 Å². The number of ether oxygens (including phenoxy) is 1. The first-order valence-electron chi connectivity index (χ1n) is 13.9. The smallest absolute Gasteiger partial charge is 0.254 e. The molecule has 0 saturated carbocycles. The van der Waals surface area contributed by atoms with Gasteiger partial charge in [-0.2, -0.15) is 0 Å². The molecular weight excluding hydrogens is 522 g/mol. The average Bonchev–Trinajstić information content (AvgIpc) is 2.98. The highest BCUT2D eigenvalue weighted by atomic mass is 32.2. The van der Waals surface area contributed by atoms with E-state index in [0.717, 1.165) is 59.7 Å². The van der Waals surface area contributed by atoms with Gasteiger partial charge >= 0.3 is 0 Å². The van der Waals surface area contributed by atoms with Gasteiger partial charge in [0.05, 0.1) is 17.7 Å². The highest BCUT2D eigenvalue weighted by Gasteiger charge is 2.26. The molecule has 3 aromatic rings. The van der Waals surface area contributed by atoms with Crippen LogP contribution >= 0.6 is 0 Å². The van der Waals surface area contributed by atoms with Crippen LogP contribution < -0.4 is 25.0 Å². The fraction of sp³-hybridized carbons (Fsp3) is 0.387. The Morgan fingerprint density at radius 3 is 2.33 bits per heavy atom. The van der Waals surface area contributed by atoms with Crippen LogP contribution in [0.25, 0.3) is 0 Å². The maximum absolute atomic E-state index is 13.6. The van der Waals surface area contributed by atoms with Crippen molar-refractivity contribution >= 4 is 34.0 Å². The van der Waals surface area contributed by atoms with E-state index in [0.29, 0.717) is 37.1 Å². The van der Waals surface area contributed by atoms with E-state index < -0.39 is 11.0 Å². The van der Waals surface area contributed by atoms with Gasteiger partial charge in [-0.1, -0.05) is 24.3 Å². The molecule has 1 unspecified atom stereocenters. The summed E-state index contributed by atoms with van der Waals surface area (Å²) in [6, 6.07) is 20.3. The topological polar surface area (TPSA) is 91.1 Å². The van der Waals surface area contributed by atoms with E-state index in [-0.39, 0.29) is 5.91 Å². The molecule has 0 spiro atoms. The lowest BCUT2D eigenvalue weighted by Gasteiger charge is -2.37. The lowest BCUT2D eigenvalue weighted by Crippen LogP contribution is -2.49. The second-order valence-corrected chi connectivity index (χ2v) is 11.7. The molecule has 9 heteroatoms. The number of para-hydroxylation sites is 1. The number of amides is 1. The predicted molar refractivity (Wildman–Crippen MR) is 163 cm³/mol. The van der Waals surface area contributed by atoms with Crippen molar-refractivity contribution in [3.63, 3.8) is 0 Å². The molecule has 3 aromatic carbocycles. The average molecular weight is 562 g/mol. The van der Waals surface area contributed by atoms with Crippen molar-refractivity contribution in [3.8, 4) is 5.75 Å². The minimum Gasteiger partial charge on any atom is -0.497 e. The van der Waals surface area contributed by atoms with Crippen LogP contribution in [-0.2, 0) is 11.0 Å². The number of nitrogens with zero attached hydrogens (tertiary/aromatic N) is 3. The fourth-order valence-corrected chi connectivity index (χ4v) is 6.37. The zero-order valence-electron chi connectivity index (χ0n) is 23.6. The molecule has 3 N–H and O–H groups in total. The first-order valence-corrected chi connectivity index (χ1v) is 15.1. The SMILES string of the molecule is COc1cccc(N2CCC(Nc3cc(C(=O)N4CCN(c5ccccc5S(N)=O)CC4)c(C)cc3C)CC2)c1. The molecule has 0 bridgehead atoms. The van der Waals surface area contributed by atoms with Gasteiger partial charge in [0.2, 0.25) is 0 Å². The molecule has 8 nitrogen and oxygen atoms in total. The van der Waals surface area contributed by atoms with Crippen LogP contribution in [0.4, 0.5) is 17.1 Å². The largest absolute Gasteiger partial charge is 0.497 e. The molecule has 0 aliphatic carbocycles. The first-order chi connectivity index (χ1) is 19.3. The number of piperazine rings is 1. The van der Waals surface area contributed by atoms with E-state index in [1.54, 1.807) is 13.2 Å². The predicted octanol–water partition coefficient (Wildman–Crippen LogP) is 4.34. The molecule has 2 saturated heterocycles. The van der Waals surface area contributed by atoms with Crippen LogP contribution in [0.2, 0.25) is 0 Å². The van der Waals surface area contributed by atoms with Crippen molar-refractivity contribution in [1.82, 2.24) is 4.90 Å². The number of methoxy groups -OCH3 is 1. The second-order valence-electron chi connectivity index (χ2n) is 10.6. The summed E-state index contributed by atoms with van der Waals surface area (Å²) >= 11 is 0. The molecule has 212 valence electrons. The molecule has 40 heavy (non-hydrogen) atoms. The highest BCUT2D eigenvalue weighted by Crippen LogP contribution is 2.29. The Labute approximate surface area is 239 Å². The number of carbonyl (C=O) groups excluding carboxylic acids is 1. The monoisotopic (exact) mass is 561 g/mol. The van der Waals surface area contributed by atoms with E-state index >= 15 is 0 Å². The van der Waals surface area contributed by atoms with Gasteiger partial charge in [-0.3, -0.25) is 4.79 Å². The van der Waals surface area contributed by atoms with Crippen LogP contribution in [-0.4, -0.2) is 67.4 Å². The number of anilines is 3. The number of nitrogens with one attached hydrogen (secondary N) is 1. The number of carbonyl (C=O) groups is 1. The van der Waals surface area contributed by atoms with Gasteiger partial charge in [0.25, 0.3) is 5.91 Å². The van der Waals surface area contributed by atoms with Crippen LogP contribution in [0.5, 0.6) is 5.75 Å². The van der Waals surface area contributed by atoms with Crippen LogP contribution in [0, 0.1) is 13.8 Å². The van der Waals surface area contributed by atoms with Crippen molar-refractivity contribution in [2.45, 2.75) is 37.6 Å². The van der Waals surface area contributed by atoms with Crippen LogP contribution in [0.15, 0.2) is 65.6 Å². The Kier molecular flexibility index (Phi) is 8.61. The number of rotatable bonds is 7. The minimum absolute atomic E-state index is 0.0590. The summed E-state index contributed by atoms with van der Waals surface area (Å²) in [6.45, 7) is 8.58. The third-order valence-electron chi connectivity index (χ3n) is 8.06. The van der Waals surface area contributed by atoms with E-state index in [1.165, 1.54) is 5.69 Å². The van der Waals surface area contributed by atoms with Gasteiger partial charge in [-0.05, 0) is 68.1 Å². The summed E-state index contributed by atoms with van der Waals surface area (Å²) in [5.41, 5.74) is 6.00. The maximum atomic E-state index is 13.6. The number of hydrogen-bond donors (Lipinski definition) is 2. The zero-order chi connectivity index (χ0) is 28.2. The Morgan fingerprint density at radius 2 is 1.62 bits per heavy atom. The van der Waals surface area contributed by atoms with Gasteiger partial charge in [-0.25, -0.2) is 9.35 Å². The summed E-state index contributed by atoms with van der Waals surface area (Å²) in [6.07, 6.45) is 2.04. The number of piperidine rings is 1. The zero-order valence-corrected chi connectivity index (χ0v) is 24.4. The van der Waals surface area contributed by atoms with Crippen LogP contribution in [0.3, 0.4) is 0 Å². The standard InChI is InChI=1S/C31H39N5O3S/c1-22-19-23(2)28(33-24-11-13-34(14-12-24)25-7-6-8-26(20-25)39-3)21-27(22)31(37)36-17-15-35(16-18-36)29-9-4-5-10-30(29)40(32)38/h4-10,19-21,24,33H,11-18,32H2,1-3H3. The second kappa shape index (κ2) is 12.3. The molecule has 5 rings (SSSR count). The van der Waals surface area contributed by atoms with Crippen LogP contribution in [0.1, 0.15) is 34.3 Å². The van der Waals surface area contributed by atoms with Crippen molar-refractivity contribution in [2.24, 2.45) is 5.14 Å². The van der Waals surface area contributed by atoms with Crippen molar-refractivity contribution < 1.29 is 13.7 Å². The quantitative estimate of drug-likeness (QED) is 0.446. The first kappa shape index (κ1) is 28.0. The number of benzene rings is 3. The molecule has 2 aliphatic rings. The Bertz CT molecular complexity index is 1380. The van der Waals surface area contributed by atoms with E-state index in [2.05, 4.69) is 40.2 Å². The fourth-order valence-electron chi connectivity index (χ4n) is 5.76. The van der Waals surface area contributed by atoms with E-state index in [4.69, 9.17) is 9.88 Å². The normalized spacial score (nSPS) is 17.1. The molecule has 1 amide bonds. The summed E-state index contributed by atoms with van der Waals surface area (Å²) < 4.78 is 17.4. The Balaban J connectivity index is 1.22. The van der Waals surface area contributed by atoms with Gasteiger partial charge in [0, 0.05) is 68.3 Å². The van der Waals surface area contributed by atoms with E-state index in [1.807, 2.05) is 48.2 Å². The lowest BCUT2D eigenvalue weighted by molar-refractivity contribution is 0.0746. The third-order valence-corrected chi connectivity index (χ3v) is 8.84. The van der Waals surface area contributed by atoms with Gasteiger partial charge in [0.1, 0.15) is 16.7 Å². The molecule has 2 fully saturated rings. The highest BCUT2D eigenvalue weighted by molar-refractivity contribution is 7.82. The molecule has 0 aromatic heterocycles. The summed E-state index contributed by atoms with van der Waals surface area (Å²) in [5, 5.41) is 9.44. The van der Waals surface area contributed by atoms with Crippen molar-refractivity contribution in [1.29, 1.82) is 0 Å². The summed E-state index contributed by atoms with van der Waals surface area (Å²) in [5.74, 6) is 0.937. The molecule has 2 aliphatic heterocycles. The summed E-state index contributed by atoms with van der Waals surface area (Å²) in [4.78, 5) is 20.8. The van der Waals surface area contributed by atoms with Crippen molar-refractivity contribution in [3.05, 3.63) is 77.4 Å². The van der Waals surface area contributed by atoms with Gasteiger partial charge in [0.15, 0.2) is 0 Å². The Hall–Kier alpha value is -3.56. The Morgan fingerprint density at radius 1 is 0.900 bits per heavy atom. The number of nitrogens with two attached hydrogens (primary N) is 1. The molecular formula is C31H39N5O3S. The summed E-state index contributed by atoms with van der Waals surface area (Å²) in [7, 11) is 0.148. The number of aryl methyl sites for hydroxylation is 2. The van der Waals surface area contributed by atoms with Crippen molar-refractivity contribution in [2.75, 3.05) is 61.5 Å². The number of hydrogen-bond acceptors (Lipinski definition) is 6. The lowest BCUT2D eigenvalue weighted by atomic mass is 9.99.